The van der Waals surface area contributed by atoms with Gasteiger partial charge in [-0.2, -0.15) is 0 Å². The van der Waals surface area contributed by atoms with Crippen LogP contribution in [-0.4, -0.2) is 16.2 Å². The van der Waals surface area contributed by atoms with Crippen molar-refractivity contribution in [2.75, 3.05) is 10.6 Å². The van der Waals surface area contributed by atoms with E-state index in [1.54, 1.807) is 6.20 Å². The number of hydrogen-bond donors (Lipinski definition) is 1. The van der Waals surface area contributed by atoms with Gasteiger partial charge in [-0.05, 0) is 24.3 Å². The van der Waals surface area contributed by atoms with Gasteiger partial charge in [-0.3, -0.25) is 4.79 Å². The van der Waals surface area contributed by atoms with E-state index in [-0.39, 0.29) is 5.91 Å². The first-order valence-electron chi connectivity index (χ1n) is 5.14. The Balaban J connectivity index is 2.06. The van der Waals surface area contributed by atoms with E-state index in [2.05, 4.69) is 26.2 Å². The molecule has 88 valence electrons. The fraction of sp³-hybridized carbons (Fsp3) is 0.167. The minimum absolute atomic E-state index is 0.00529. The van der Waals surface area contributed by atoms with Crippen LogP contribution in [0.2, 0.25) is 0 Å². The number of halogens is 1. The maximum Gasteiger partial charge on any atom is 0.225 e. The summed E-state index contributed by atoms with van der Waals surface area (Å²) >= 11 is 3.22. The van der Waals surface area contributed by atoms with Gasteiger partial charge in [0.1, 0.15) is 0 Å². The van der Waals surface area contributed by atoms with E-state index in [1.807, 2.05) is 24.3 Å². The molecule has 0 saturated heterocycles. The number of anilines is 1. The van der Waals surface area contributed by atoms with Crippen molar-refractivity contribution in [3.63, 3.8) is 0 Å². The lowest BCUT2D eigenvalue weighted by Crippen LogP contribution is -2.11. The summed E-state index contributed by atoms with van der Waals surface area (Å²) in [5, 5.41) is 3.46. The molecule has 0 radical (unpaired) electrons. The maximum atomic E-state index is 11.4. The molecule has 0 spiro atoms. The molecule has 2 rings (SSSR count). The van der Waals surface area contributed by atoms with Crippen LogP contribution < -0.4 is 5.32 Å². The average Bonchev–Trinajstić information content (AvgIpc) is 2.84. The fourth-order valence-electron chi connectivity index (χ4n) is 1.39. The molecule has 0 fully saturated rings. The number of carbonyl (C=O) groups excluding carboxylic acids is 1. The number of hydrogen-bond acceptors (Lipinski definition) is 3. The molecule has 0 atom stereocenters. The van der Waals surface area contributed by atoms with Crippen molar-refractivity contribution in [2.45, 2.75) is 6.42 Å². The lowest BCUT2D eigenvalue weighted by Gasteiger charge is -2.04. The summed E-state index contributed by atoms with van der Waals surface area (Å²) in [6.07, 6.45) is 3.50. The summed E-state index contributed by atoms with van der Waals surface area (Å²) in [5.41, 5.74) is 1.71. The molecule has 1 N–H and O–H groups in total. The highest BCUT2D eigenvalue weighted by molar-refractivity contribution is 9.09. The van der Waals surface area contributed by atoms with Gasteiger partial charge in [0.2, 0.25) is 5.91 Å². The van der Waals surface area contributed by atoms with Crippen LogP contribution in [0.5, 0.6) is 0 Å². The average molecular weight is 295 g/mol. The standard InChI is InChI=1S/C12H11BrN2O2/c13-6-5-12(16)15-10-3-1-9(2-4-10)11-7-14-8-17-11/h1-4,7-8H,5-6H2,(H,15,16). The second-order valence-electron chi connectivity index (χ2n) is 3.43. The summed E-state index contributed by atoms with van der Waals surface area (Å²) in [6, 6.07) is 7.43. The fourth-order valence-corrected chi connectivity index (χ4v) is 1.75. The Labute approximate surface area is 107 Å². The van der Waals surface area contributed by atoms with Crippen LogP contribution in [0, 0.1) is 0 Å². The SMILES string of the molecule is O=C(CCBr)Nc1ccc(-c2cnco2)cc1. The topological polar surface area (TPSA) is 55.1 Å². The number of oxazole rings is 1. The van der Waals surface area contributed by atoms with E-state index >= 15 is 0 Å². The van der Waals surface area contributed by atoms with Crippen molar-refractivity contribution in [2.24, 2.45) is 0 Å². The zero-order valence-corrected chi connectivity index (χ0v) is 10.6. The Morgan fingerprint density at radius 3 is 2.71 bits per heavy atom. The Morgan fingerprint density at radius 2 is 2.12 bits per heavy atom. The van der Waals surface area contributed by atoms with Gasteiger partial charge in [-0.15, -0.1) is 0 Å². The van der Waals surface area contributed by atoms with Crippen LogP contribution in [-0.2, 0) is 4.79 Å². The van der Waals surface area contributed by atoms with E-state index in [1.165, 1.54) is 6.39 Å². The number of nitrogens with zero attached hydrogens (tertiary/aromatic N) is 1. The monoisotopic (exact) mass is 294 g/mol. The van der Waals surface area contributed by atoms with Crippen molar-refractivity contribution in [1.82, 2.24) is 4.98 Å². The van der Waals surface area contributed by atoms with Crippen molar-refractivity contribution in [1.29, 1.82) is 0 Å². The van der Waals surface area contributed by atoms with Crippen LogP contribution >= 0.6 is 15.9 Å². The first-order valence-corrected chi connectivity index (χ1v) is 6.26. The molecule has 1 amide bonds. The summed E-state index contributed by atoms with van der Waals surface area (Å²) in [6.45, 7) is 0. The highest BCUT2D eigenvalue weighted by Crippen LogP contribution is 2.20. The number of alkyl halides is 1. The molecular weight excluding hydrogens is 284 g/mol. The van der Waals surface area contributed by atoms with Gasteiger partial charge in [0.15, 0.2) is 12.2 Å². The van der Waals surface area contributed by atoms with Gasteiger partial charge in [0.25, 0.3) is 0 Å². The zero-order chi connectivity index (χ0) is 12.1. The van der Waals surface area contributed by atoms with Crippen molar-refractivity contribution in [3.8, 4) is 11.3 Å². The zero-order valence-electron chi connectivity index (χ0n) is 9.02. The Bertz CT molecular complexity index is 480. The van der Waals surface area contributed by atoms with Gasteiger partial charge in [-0.1, -0.05) is 15.9 Å². The number of aromatic nitrogens is 1. The molecule has 17 heavy (non-hydrogen) atoms. The Morgan fingerprint density at radius 1 is 1.35 bits per heavy atom. The van der Waals surface area contributed by atoms with Gasteiger partial charge >= 0.3 is 0 Å². The number of benzene rings is 1. The molecule has 0 aliphatic carbocycles. The van der Waals surface area contributed by atoms with Crippen LogP contribution in [0.4, 0.5) is 5.69 Å². The third kappa shape index (κ3) is 3.17. The molecule has 0 bridgehead atoms. The van der Waals surface area contributed by atoms with Crippen LogP contribution in [0.1, 0.15) is 6.42 Å². The molecule has 5 heteroatoms. The van der Waals surface area contributed by atoms with Crippen LogP contribution in [0.15, 0.2) is 41.3 Å². The van der Waals surface area contributed by atoms with Crippen molar-refractivity contribution < 1.29 is 9.21 Å². The number of rotatable bonds is 4. The predicted molar refractivity (Wildman–Crippen MR) is 69.0 cm³/mol. The molecule has 2 aromatic rings. The first kappa shape index (κ1) is 11.9. The minimum Gasteiger partial charge on any atom is -0.444 e. The molecule has 0 saturated carbocycles. The largest absolute Gasteiger partial charge is 0.444 e. The van der Waals surface area contributed by atoms with E-state index in [0.29, 0.717) is 17.5 Å². The normalized spacial score (nSPS) is 10.2. The maximum absolute atomic E-state index is 11.4. The van der Waals surface area contributed by atoms with Gasteiger partial charge in [0, 0.05) is 23.0 Å². The minimum atomic E-state index is -0.00529. The molecule has 4 nitrogen and oxygen atoms in total. The second kappa shape index (κ2) is 5.63. The predicted octanol–water partition coefficient (Wildman–Crippen LogP) is 3.07. The van der Waals surface area contributed by atoms with Gasteiger partial charge in [-0.25, -0.2) is 4.98 Å². The Kier molecular flexibility index (Phi) is 3.93. The van der Waals surface area contributed by atoms with Crippen molar-refractivity contribution >= 4 is 27.5 Å². The van der Waals surface area contributed by atoms with Gasteiger partial charge in [0.05, 0.1) is 6.20 Å². The number of amides is 1. The second-order valence-corrected chi connectivity index (χ2v) is 4.22. The van der Waals surface area contributed by atoms with Crippen molar-refractivity contribution in [3.05, 3.63) is 36.9 Å². The lowest BCUT2D eigenvalue weighted by molar-refractivity contribution is -0.115. The van der Waals surface area contributed by atoms with E-state index in [0.717, 1.165) is 11.3 Å². The molecule has 1 aromatic carbocycles. The van der Waals surface area contributed by atoms with E-state index < -0.39 is 0 Å². The molecular formula is C12H11BrN2O2. The molecule has 1 aromatic heterocycles. The van der Waals surface area contributed by atoms with Gasteiger partial charge < -0.3 is 9.73 Å². The van der Waals surface area contributed by atoms with E-state index in [9.17, 15) is 4.79 Å². The molecule has 0 aliphatic rings. The quantitative estimate of drug-likeness (QED) is 0.882. The summed E-state index contributed by atoms with van der Waals surface area (Å²) in [7, 11) is 0. The molecule has 1 heterocycles. The highest BCUT2D eigenvalue weighted by atomic mass is 79.9. The Hall–Kier alpha value is -1.62. The summed E-state index contributed by atoms with van der Waals surface area (Å²) in [4.78, 5) is 15.2. The third-order valence-electron chi connectivity index (χ3n) is 2.21. The van der Waals surface area contributed by atoms with E-state index in [4.69, 9.17) is 4.42 Å². The smallest absolute Gasteiger partial charge is 0.225 e. The number of carbonyl (C=O) groups is 1. The summed E-state index contributed by atoms with van der Waals surface area (Å²) < 4.78 is 5.17. The third-order valence-corrected chi connectivity index (χ3v) is 2.60. The van der Waals surface area contributed by atoms with Crippen LogP contribution in [0.25, 0.3) is 11.3 Å². The molecule has 0 unspecified atom stereocenters. The number of nitrogens with one attached hydrogen (secondary N) is 1. The highest BCUT2D eigenvalue weighted by Gasteiger charge is 2.03. The van der Waals surface area contributed by atoms with Crippen LogP contribution in [0.3, 0.4) is 0 Å². The first-order chi connectivity index (χ1) is 8.29. The summed E-state index contributed by atoms with van der Waals surface area (Å²) in [5.74, 6) is 0.706. The lowest BCUT2D eigenvalue weighted by atomic mass is 10.1. The molecule has 0 aliphatic heterocycles.